The lowest BCUT2D eigenvalue weighted by atomic mass is 10.00. The molecule has 1 heterocycles. The van der Waals surface area contributed by atoms with E-state index in [0.29, 0.717) is 48.7 Å². The van der Waals surface area contributed by atoms with Gasteiger partial charge in [-0.25, -0.2) is 9.18 Å². The van der Waals surface area contributed by atoms with Gasteiger partial charge in [0.05, 0.1) is 20.2 Å². The predicted octanol–water partition coefficient (Wildman–Crippen LogP) is 7.40. The molecule has 5 aromatic rings. The second-order valence-electron chi connectivity index (χ2n) is 10.1. The van der Waals surface area contributed by atoms with Crippen molar-refractivity contribution in [2.45, 2.75) is 19.0 Å². The van der Waals surface area contributed by atoms with E-state index in [1.165, 1.54) is 24.1 Å². The molecule has 0 aliphatic heterocycles. The number of methoxy groups -OCH3 is 1. The van der Waals surface area contributed by atoms with Crippen molar-refractivity contribution in [3.63, 3.8) is 0 Å². The molecule has 0 fully saturated rings. The van der Waals surface area contributed by atoms with E-state index >= 15 is 0 Å². The van der Waals surface area contributed by atoms with Crippen molar-refractivity contribution in [2.24, 2.45) is 0 Å². The molecule has 0 radical (unpaired) electrons. The highest BCUT2D eigenvalue weighted by Crippen LogP contribution is 2.23. The number of nitrogens with one attached hydrogen (secondary N) is 1. The molecule has 8 heteroatoms. The van der Waals surface area contributed by atoms with E-state index < -0.39 is 12.0 Å². The van der Waals surface area contributed by atoms with Crippen LogP contribution in [-0.2, 0) is 22.5 Å². The van der Waals surface area contributed by atoms with E-state index in [0.717, 1.165) is 11.3 Å². The van der Waals surface area contributed by atoms with Crippen molar-refractivity contribution in [3.8, 4) is 5.75 Å². The molecular weight excluding hydrogens is 575 g/mol. The Bertz CT molecular complexity index is 1660. The largest absolute Gasteiger partial charge is 0.492 e. The fourth-order valence-corrected chi connectivity index (χ4v) is 5.59. The van der Waals surface area contributed by atoms with Crippen LogP contribution < -0.4 is 15.0 Å². The first-order valence-electron chi connectivity index (χ1n) is 14.3. The first-order chi connectivity index (χ1) is 21.5. The summed E-state index contributed by atoms with van der Waals surface area (Å²) in [6, 6.07) is 33.7. The minimum absolute atomic E-state index is 0.134. The fourth-order valence-electron chi connectivity index (χ4n) is 4.87. The Kier molecular flexibility index (Phi) is 10.4. The van der Waals surface area contributed by atoms with Gasteiger partial charge in [-0.1, -0.05) is 66.7 Å². The predicted molar refractivity (Wildman–Crippen MR) is 173 cm³/mol. The SMILES string of the molecule is COC(=O)[C@H](Cc1ccc(OCCN(Cc2cccs2)c2cccc(F)c2)cc1)Nc1ccccc1C(=O)c1ccccc1. The number of rotatable bonds is 14. The molecule has 44 heavy (non-hydrogen) atoms. The van der Waals surface area contributed by atoms with Gasteiger partial charge < -0.3 is 19.7 Å². The van der Waals surface area contributed by atoms with Crippen molar-refractivity contribution in [3.05, 3.63) is 148 Å². The van der Waals surface area contributed by atoms with Crippen molar-refractivity contribution < 1.29 is 23.5 Å². The molecule has 5 rings (SSSR count). The summed E-state index contributed by atoms with van der Waals surface area (Å²) in [5.41, 5.74) is 3.29. The van der Waals surface area contributed by atoms with Gasteiger partial charge in [-0.3, -0.25) is 4.79 Å². The van der Waals surface area contributed by atoms with Gasteiger partial charge in [0.1, 0.15) is 24.2 Å². The number of nitrogens with zero attached hydrogens (tertiary/aromatic N) is 1. The summed E-state index contributed by atoms with van der Waals surface area (Å²) in [4.78, 5) is 29.2. The molecule has 1 N–H and O–H groups in total. The molecule has 0 aliphatic carbocycles. The number of thiophene rings is 1. The Morgan fingerprint density at radius 3 is 2.39 bits per heavy atom. The van der Waals surface area contributed by atoms with Crippen LogP contribution in [0.25, 0.3) is 0 Å². The fraction of sp³-hybridized carbons (Fsp3) is 0.167. The number of ether oxygens (including phenoxy) is 2. The Morgan fingerprint density at radius 1 is 0.886 bits per heavy atom. The Balaban J connectivity index is 1.22. The van der Waals surface area contributed by atoms with Gasteiger partial charge in [0, 0.05) is 33.8 Å². The molecular formula is C36H33FN2O4S. The lowest BCUT2D eigenvalue weighted by Crippen LogP contribution is -2.33. The van der Waals surface area contributed by atoms with Gasteiger partial charge in [0.15, 0.2) is 5.78 Å². The van der Waals surface area contributed by atoms with Crippen LogP contribution in [0.15, 0.2) is 121 Å². The minimum Gasteiger partial charge on any atom is -0.492 e. The number of carbonyl (C=O) groups excluding carboxylic acids is 2. The second kappa shape index (κ2) is 15.0. The second-order valence-corrected chi connectivity index (χ2v) is 11.2. The normalized spacial score (nSPS) is 11.4. The van der Waals surface area contributed by atoms with Gasteiger partial charge in [-0.15, -0.1) is 11.3 Å². The number of carbonyl (C=O) groups is 2. The zero-order valence-electron chi connectivity index (χ0n) is 24.3. The van der Waals surface area contributed by atoms with E-state index in [4.69, 9.17) is 9.47 Å². The Hall–Kier alpha value is -4.95. The maximum Gasteiger partial charge on any atom is 0.328 e. The van der Waals surface area contributed by atoms with Gasteiger partial charge >= 0.3 is 5.97 Å². The van der Waals surface area contributed by atoms with Crippen LogP contribution in [0.4, 0.5) is 15.8 Å². The first-order valence-corrected chi connectivity index (χ1v) is 15.2. The monoisotopic (exact) mass is 608 g/mol. The average Bonchev–Trinajstić information content (AvgIpc) is 3.58. The van der Waals surface area contributed by atoms with Gasteiger partial charge in [-0.05, 0) is 59.5 Å². The van der Waals surface area contributed by atoms with Crippen LogP contribution in [0.1, 0.15) is 26.4 Å². The van der Waals surface area contributed by atoms with Crippen molar-refractivity contribution in [2.75, 3.05) is 30.5 Å². The molecule has 224 valence electrons. The number of esters is 1. The van der Waals surface area contributed by atoms with Crippen LogP contribution >= 0.6 is 11.3 Å². The standard InChI is InChI=1S/C36H33FN2O4S/c1-42-36(41)34(38-33-15-6-5-14-32(33)35(40)27-9-3-2-4-10-27)23-26-16-18-30(19-17-26)43-21-20-39(25-31-13-8-22-44-31)29-12-7-11-28(37)24-29/h2-19,22,24,34,38H,20-21,23,25H2,1H3/t34-/m0/s1. The van der Waals surface area contributed by atoms with Crippen molar-refractivity contribution in [1.82, 2.24) is 0 Å². The first kappa shape index (κ1) is 30.5. The van der Waals surface area contributed by atoms with E-state index in [1.54, 1.807) is 47.7 Å². The van der Waals surface area contributed by atoms with Crippen molar-refractivity contribution in [1.29, 1.82) is 0 Å². The zero-order valence-corrected chi connectivity index (χ0v) is 25.1. The molecule has 6 nitrogen and oxygen atoms in total. The summed E-state index contributed by atoms with van der Waals surface area (Å²) in [5, 5.41) is 5.27. The average molecular weight is 609 g/mol. The topological polar surface area (TPSA) is 67.9 Å². The van der Waals surface area contributed by atoms with Crippen molar-refractivity contribution >= 4 is 34.5 Å². The minimum atomic E-state index is -0.714. The molecule has 0 bridgehead atoms. The van der Waals surface area contributed by atoms with E-state index in [1.807, 2.05) is 66.0 Å². The zero-order chi connectivity index (χ0) is 30.7. The van der Waals surface area contributed by atoms with E-state index in [9.17, 15) is 14.0 Å². The smallest absolute Gasteiger partial charge is 0.328 e. The summed E-state index contributed by atoms with van der Waals surface area (Å²) in [7, 11) is 1.35. The molecule has 0 saturated heterocycles. The molecule has 0 unspecified atom stereocenters. The van der Waals surface area contributed by atoms with Crippen LogP contribution in [0.5, 0.6) is 5.75 Å². The summed E-state index contributed by atoms with van der Waals surface area (Å²) < 4.78 is 25.1. The molecule has 0 saturated carbocycles. The highest BCUT2D eigenvalue weighted by Gasteiger charge is 2.22. The lowest BCUT2D eigenvalue weighted by molar-refractivity contribution is -0.141. The number of ketones is 1. The number of para-hydroxylation sites is 1. The summed E-state index contributed by atoms with van der Waals surface area (Å²) in [6.45, 7) is 1.63. The summed E-state index contributed by atoms with van der Waals surface area (Å²) >= 11 is 1.66. The quantitative estimate of drug-likeness (QED) is 0.105. The Labute approximate surface area is 260 Å². The summed E-state index contributed by atoms with van der Waals surface area (Å²) in [6.07, 6.45) is 0.342. The van der Waals surface area contributed by atoms with Gasteiger partial charge in [-0.2, -0.15) is 0 Å². The third-order valence-electron chi connectivity index (χ3n) is 7.12. The molecule has 0 amide bonds. The highest BCUT2D eigenvalue weighted by molar-refractivity contribution is 7.09. The van der Waals surface area contributed by atoms with Gasteiger partial charge in [0.25, 0.3) is 0 Å². The molecule has 1 aromatic heterocycles. The third kappa shape index (κ3) is 8.11. The van der Waals surface area contributed by atoms with E-state index in [-0.39, 0.29) is 11.6 Å². The number of halogens is 1. The van der Waals surface area contributed by atoms with Crippen LogP contribution in [-0.4, -0.2) is 38.1 Å². The maximum atomic E-state index is 13.9. The van der Waals surface area contributed by atoms with Crippen LogP contribution in [0.2, 0.25) is 0 Å². The molecule has 4 aromatic carbocycles. The third-order valence-corrected chi connectivity index (χ3v) is 7.98. The molecule has 0 aliphatic rings. The maximum absolute atomic E-state index is 13.9. The highest BCUT2D eigenvalue weighted by atomic mass is 32.1. The van der Waals surface area contributed by atoms with Crippen LogP contribution in [0, 0.1) is 5.82 Å². The van der Waals surface area contributed by atoms with Gasteiger partial charge in [0.2, 0.25) is 0 Å². The summed E-state index contributed by atoms with van der Waals surface area (Å²) in [5.74, 6) is -0.160. The van der Waals surface area contributed by atoms with E-state index in [2.05, 4.69) is 16.3 Å². The molecule has 0 spiro atoms. The Morgan fingerprint density at radius 2 is 1.66 bits per heavy atom. The number of hydrogen-bond acceptors (Lipinski definition) is 7. The number of hydrogen-bond donors (Lipinski definition) is 1. The lowest BCUT2D eigenvalue weighted by Gasteiger charge is -2.24. The number of benzene rings is 4. The van der Waals surface area contributed by atoms with Crippen LogP contribution in [0.3, 0.4) is 0 Å². The molecule has 1 atom stereocenters. The number of anilines is 2.